The lowest BCUT2D eigenvalue weighted by molar-refractivity contribution is 0.111. The van der Waals surface area contributed by atoms with Crippen molar-refractivity contribution in [1.82, 2.24) is 9.38 Å². The minimum Gasteiger partial charge on any atom is -0.306 e. The third-order valence-corrected chi connectivity index (χ3v) is 1.64. The molecular formula is C8H5FN2O. The molecule has 4 heteroatoms. The molecule has 0 N–H and O–H groups in total. The highest BCUT2D eigenvalue weighted by molar-refractivity contribution is 5.75. The predicted molar refractivity (Wildman–Crippen MR) is 40.5 cm³/mol. The van der Waals surface area contributed by atoms with Gasteiger partial charge in [0.25, 0.3) is 0 Å². The average Bonchev–Trinajstić information content (AvgIpc) is 2.49. The number of carbonyl (C=O) groups is 1. The molecule has 0 atom stereocenters. The number of halogens is 1. The van der Waals surface area contributed by atoms with Gasteiger partial charge >= 0.3 is 0 Å². The van der Waals surface area contributed by atoms with Gasteiger partial charge in [-0.1, -0.05) is 0 Å². The number of aldehydes is 1. The van der Waals surface area contributed by atoms with E-state index in [1.54, 1.807) is 16.8 Å². The first kappa shape index (κ1) is 6.97. The molecule has 0 fully saturated rings. The second-order valence-corrected chi connectivity index (χ2v) is 2.39. The number of rotatable bonds is 1. The summed E-state index contributed by atoms with van der Waals surface area (Å²) in [6, 6.07) is 1.23. The molecule has 0 saturated carbocycles. The predicted octanol–water partition coefficient (Wildman–Crippen LogP) is 1.29. The van der Waals surface area contributed by atoms with Crippen molar-refractivity contribution in [1.29, 1.82) is 0 Å². The van der Waals surface area contributed by atoms with Crippen LogP contribution in [0.2, 0.25) is 0 Å². The van der Waals surface area contributed by atoms with Crippen LogP contribution in [-0.2, 0) is 0 Å². The van der Waals surface area contributed by atoms with Crippen LogP contribution < -0.4 is 0 Å². The summed E-state index contributed by atoms with van der Waals surface area (Å²) in [6.07, 6.45) is 5.09. The largest absolute Gasteiger partial charge is 0.306 e. The summed E-state index contributed by atoms with van der Waals surface area (Å²) in [5.41, 5.74) is 0.540. The van der Waals surface area contributed by atoms with Gasteiger partial charge in [0.2, 0.25) is 0 Å². The summed E-state index contributed by atoms with van der Waals surface area (Å²) < 4.78 is 14.5. The van der Waals surface area contributed by atoms with Crippen molar-refractivity contribution in [3.05, 3.63) is 36.0 Å². The minimum absolute atomic E-state index is 0.0421. The monoisotopic (exact) mass is 164 g/mol. The zero-order valence-electron chi connectivity index (χ0n) is 6.07. The second kappa shape index (κ2) is 2.41. The Balaban J connectivity index is 2.81. The van der Waals surface area contributed by atoms with E-state index in [1.165, 1.54) is 12.3 Å². The van der Waals surface area contributed by atoms with Crippen molar-refractivity contribution in [2.45, 2.75) is 0 Å². The van der Waals surface area contributed by atoms with E-state index in [2.05, 4.69) is 4.98 Å². The number of carbonyl (C=O) groups excluding carboxylic acids is 1. The minimum atomic E-state index is -0.538. The zero-order chi connectivity index (χ0) is 8.55. The van der Waals surface area contributed by atoms with E-state index in [0.29, 0.717) is 11.9 Å². The number of hydrogen-bond donors (Lipinski definition) is 0. The molecule has 0 saturated heterocycles. The molecular weight excluding hydrogens is 159 g/mol. The van der Waals surface area contributed by atoms with E-state index < -0.39 is 5.82 Å². The first-order chi connectivity index (χ1) is 5.81. The lowest BCUT2D eigenvalue weighted by Crippen LogP contribution is -1.92. The normalized spacial score (nSPS) is 10.4. The molecule has 60 valence electrons. The van der Waals surface area contributed by atoms with Crippen LogP contribution in [0.3, 0.4) is 0 Å². The molecule has 0 spiro atoms. The van der Waals surface area contributed by atoms with Crippen LogP contribution in [0.4, 0.5) is 4.39 Å². The van der Waals surface area contributed by atoms with Gasteiger partial charge in [0, 0.05) is 24.7 Å². The second-order valence-electron chi connectivity index (χ2n) is 2.39. The van der Waals surface area contributed by atoms with Gasteiger partial charge in [-0.25, -0.2) is 9.37 Å². The van der Waals surface area contributed by atoms with Gasteiger partial charge in [-0.2, -0.15) is 0 Å². The van der Waals surface area contributed by atoms with E-state index >= 15 is 0 Å². The van der Waals surface area contributed by atoms with E-state index in [1.807, 2.05) is 0 Å². The molecule has 0 unspecified atom stereocenters. The standard InChI is InChI=1S/C8H5FN2O/c9-7-3-8-10-1-2-11(8)4-6(7)5-12/h1-5H. The van der Waals surface area contributed by atoms with Crippen molar-refractivity contribution >= 4 is 11.9 Å². The first-order valence-corrected chi connectivity index (χ1v) is 3.38. The Morgan fingerprint density at radius 1 is 1.58 bits per heavy atom. The molecule has 2 heterocycles. The zero-order valence-corrected chi connectivity index (χ0v) is 6.07. The fourth-order valence-electron chi connectivity index (χ4n) is 1.04. The Bertz CT molecular complexity index is 436. The molecule has 0 aliphatic rings. The average molecular weight is 164 g/mol. The molecule has 12 heavy (non-hydrogen) atoms. The van der Waals surface area contributed by atoms with Crippen LogP contribution in [-0.4, -0.2) is 15.7 Å². The molecule has 0 aromatic carbocycles. The Kier molecular flexibility index (Phi) is 1.40. The number of imidazole rings is 1. The van der Waals surface area contributed by atoms with Gasteiger partial charge in [-0.05, 0) is 0 Å². The van der Waals surface area contributed by atoms with Crippen LogP contribution in [0.1, 0.15) is 10.4 Å². The van der Waals surface area contributed by atoms with Gasteiger partial charge in [0.15, 0.2) is 6.29 Å². The smallest absolute Gasteiger partial charge is 0.154 e. The van der Waals surface area contributed by atoms with Crippen molar-refractivity contribution in [2.75, 3.05) is 0 Å². The van der Waals surface area contributed by atoms with E-state index in [4.69, 9.17) is 0 Å². The molecule has 2 rings (SSSR count). The summed E-state index contributed by atoms with van der Waals surface area (Å²) in [6.45, 7) is 0. The fraction of sp³-hybridized carbons (Fsp3) is 0. The van der Waals surface area contributed by atoms with E-state index in [-0.39, 0.29) is 5.56 Å². The van der Waals surface area contributed by atoms with E-state index in [0.717, 1.165) is 0 Å². The molecule has 0 amide bonds. The Hall–Kier alpha value is -1.71. The van der Waals surface area contributed by atoms with Crippen LogP contribution >= 0.6 is 0 Å². The highest BCUT2D eigenvalue weighted by atomic mass is 19.1. The molecule has 0 radical (unpaired) electrons. The maximum Gasteiger partial charge on any atom is 0.154 e. The van der Waals surface area contributed by atoms with Crippen molar-refractivity contribution in [3.8, 4) is 0 Å². The number of hydrogen-bond acceptors (Lipinski definition) is 2. The highest BCUT2D eigenvalue weighted by Gasteiger charge is 2.02. The molecule has 2 aromatic heterocycles. The Labute approximate surface area is 67.5 Å². The Morgan fingerprint density at radius 3 is 3.17 bits per heavy atom. The summed E-state index contributed by atoms with van der Waals surface area (Å²) in [4.78, 5) is 14.2. The van der Waals surface area contributed by atoms with Crippen LogP contribution in [0.25, 0.3) is 5.65 Å². The Morgan fingerprint density at radius 2 is 2.42 bits per heavy atom. The highest BCUT2D eigenvalue weighted by Crippen LogP contribution is 2.07. The molecule has 0 aliphatic carbocycles. The summed E-state index contributed by atoms with van der Waals surface area (Å²) in [5.74, 6) is -0.538. The third-order valence-electron chi connectivity index (χ3n) is 1.64. The summed E-state index contributed by atoms with van der Waals surface area (Å²) in [7, 11) is 0. The van der Waals surface area contributed by atoms with Gasteiger partial charge in [0.05, 0.1) is 5.56 Å². The number of fused-ring (bicyclic) bond motifs is 1. The van der Waals surface area contributed by atoms with Gasteiger partial charge in [0.1, 0.15) is 11.5 Å². The number of nitrogens with zero attached hydrogens (tertiary/aromatic N) is 2. The lowest BCUT2D eigenvalue weighted by atomic mass is 10.3. The lowest BCUT2D eigenvalue weighted by Gasteiger charge is -1.95. The maximum atomic E-state index is 12.9. The summed E-state index contributed by atoms with van der Waals surface area (Å²) in [5, 5.41) is 0. The topological polar surface area (TPSA) is 34.4 Å². The third kappa shape index (κ3) is 0.887. The summed E-state index contributed by atoms with van der Waals surface area (Å²) >= 11 is 0. The van der Waals surface area contributed by atoms with Crippen LogP contribution in [0, 0.1) is 5.82 Å². The fourth-order valence-corrected chi connectivity index (χ4v) is 1.04. The van der Waals surface area contributed by atoms with Crippen molar-refractivity contribution < 1.29 is 9.18 Å². The van der Waals surface area contributed by atoms with Gasteiger partial charge in [-0.15, -0.1) is 0 Å². The van der Waals surface area contributed by atoms with Crippen molar-refractivity contribution in [2.24, 2.45) is 0 Å². The van der Waals surface area contributed by atoms with Gasteiger partial charge < -0.3 is 4.40 Å². The SMILES string of the molecule is O=Cc1cn2ccnc2cc1F. The molecule has 0 aliphatic heterocycles. The van der Waals surface area contributed by atoms with Gasteiger partial charge in [-0.3, -0.25) is 4.79 Å². The number of pyridine rings is 1. The molecule has 3 nitrogen and oxygen atoms in total. The quantitative estimate of drug-likeness (QED) is 0.595. The molecule has 2 aromatic rings. The van der Waals surface area contributed by atoms with Crippen molar-refractivity contribution in [3.63, 3.8) is 0 Å². The maximum absolute atomic E-state index is 12.9. The molecule has 0 bridgehead atoms. The van der Waals surface area contributed by atoms with E-state index in [9.17, 15) is 9.18 Å². The number of aromatic nitrogens is 2. The van der Waals surface area contributed by atoms with Crippen LogP contribution in [0.5, 0.6) is 0 Å². The van der Waals surface area contributed by atoms with Crippen LogP contribution in [0.15, 0.2) is 24.7 Å². The first-order valence-electron chi connectivity index (χ1n) is 3.38.